The van der Waals surface area contributed by atoms with Crippen LogP contribution in [0.1, 0.15) is 27.7 Å². The van der Waals surface area contributed by atoms with Crippen LogP contribution in [0, 0.1) is 6.92 Å². The van der Waals surface area contributed by atoms with Gasteiger partial charge in [-0.3, -0.25) is 4.79 Å². The van der Waals surface area contributed by atoms with Gasteiger partial charge < -0.3 is 10.1 Å². The van der Waals surface area contributed by atoms with E-state index in [0.29, 0.717) is 36.8 Å². The Balaban J connectivity index is 1.93. The van der Waals surface area contributed by atoms with Crippen molar-refractivity contribution in [1.29, 1.82) is 0 Å². The molecule has 0 spiro atoms. The largest absolute Gasteiger partial charge is 0.462 e. The molecule has 1 heterocycles. The number of carbonyl (C=O) groups excluding carboxylic acids is 2. The van der Waals surface area contributed by atoms with Crippen molar-refractivity contribution in [3.05, 3.63) is 79.6 Å². The van der Waals surface area contributed by atoms with Gasteiger partial charge in [0.25, 0.3) is 0 Å². The van der Waals surface area contributed by atoms with Crippen molar-refractivity contribution in [2.75, 3.05) is 11.9 Å². The SMILES string of the molecule is CCOC(=O)c1c(NC(=O)C=Cc2ccc(Cl)cc2Cl)sc(C)c1-c1ccc(Cl)cc1. The van der Waals surface area contributed by atoms with E-state index >= 15 is 0 Å². The number of nitrogens with one attached hydrogen (secondary N) is 1. The maximum absolute atomic E-state index is 12.7. The van der Waals surface area contributed by atoms with Gasteiger partial charge in [0, 0.05) is 31.6 Å². The lowest BCUT2D eigenvalue weighted by atomic mass is 10.0. The fraction of sp³-hybridized carbons (Fsp3) is 0.130. The van der Waals surface area contributed by atoms with Crippen molar-refractivity contribution in [2.24, 2.45) is 0 Å². The zero-order valence-corrected chi connectivity index (χ0v) is 19.8. The topological polar surface area (TPSA) is 55.4 Å². The first-order valence-corrected chi connectivity index (χ1v) is 11.3. The molecule has 0 unspecified atom stereocenters. The van der Waals surface area contributed by atoms with Crippen LogP contribution in [0.15, 0.2) is 48.5 Å². The summed E-state index contributed by atoms with van der Waals surface area (Å²) in [4.78, 5) is 26.2. The molecule has 160 valence electrons. The first-order valence-electron chi connectivity index (χ1n) is 9.30. The van der Waals surface area contributed by atoms with Gasteiger partial charge in [-0.2, -0.15) is 0 Å². The molecule has 0 radical (unpaired) electrons. The maximum Gasteiger partial charge on any atom is 0.341 e. The van der Waals surface area contributed by atoms with E-state index in [1.54, 1.807) is 43.3 Å². The van der Waals surface area contributed by atoms with Crippen molar-refractivity contribution >= 4 is 69.1 Å². The summed E-state index contributed by atoms with van der Waals surface area (Å²) in [6.45, 7) is 3.84. The van der Waals surface area contributed by atoms with Crippen LogP contribution in [0.4, 0.5) is 5.00 Å². The van der Waals surface area contributed by atoms with Gasteiger partial charge in [0.15, 0.2) is 0 Å². The predicted octanol–water partition coefficient (Wildman–Crippen LogP) is 7.51. The molecule has 0 aliphatic carbocycles. The summed E-state index contributed by atoms with van der Waals surface area (Å²) in [5.74, 6) is -0.905. The molecule has 0 aliphatic heterocycles. The van der Waals surface area contributed by atoms with Crippen LogP contribution in [0.25, 0.3) is 17.2 Å². The highest BCUT2D eigenvalue weighted by Crippen LogP contribution is 2.40. The highest BCUT2D eigenvalue weighted by atomic mass is 35.5. The number of aryl methyl sites for hydroxylation is 1. The van der Waals surface area contributed by atoms with Crippen LogP contribution in [-0.4, -0.2) is 18.5 Å². The molecule has 3 rings (SSSR count). The molecule has 0 aliphatic rings. The van der Waals surface area contributed by atoms with Gasteiger partial charge in [0.1, 0.15) is 10.6 Å². The van der Waals surface area contributed by atoms with E-state index in [1.165, 1.54) is 17.4 Å². The third kappa shape index (κ3) is 5.69. The van der Waals surface area contributed by atoms with Gasteiger partial charge in [0.05, 0.1) is 6.61 Å². The van der Waals surface area contributed by atoms with E-state index in [2.05, 4.69) is 5.32 Å². The fourth-order valence-corrected chi connectivity index (χ4v) is 4.62. The number of hydrogen-bond donors (Lipinski definition) is 1. The van der Waals surface area contributed by atoms with Crippen molar-refractivity contribution in [3.8, 4) is 11.1 Å². The predicted molar refractivity (Wildman–Crippen MR) is 130 cm³/mol. The number of halogens is 3. The summed E-state index contributed by atoms with van der Waals surface area (Å²) < 4.78 is 5.25. The molecule has 0 saturated heterocycles. The highest BCUT2D eigenvalue weighted by molar-refractivity contribution is 7.17. The Morgan fingerprint density at radius 1 is 1.06 bits per heavy atom. The molecule has 0 atom stereocenters. The first-order chi connectivity index (χ1) is 14.8. The molecule has 1 amide bonds. The Kier molecular flexibility index (Phi) is 7.79. The first kappa shape index (κ1) is 23.4. The quantitative estimate of drug-likeness (QED) is 0.285. The average Bonchev–Trinajstić information content (AvgIpc) is 3.03. The standard InChI is InChI=1S/C23H18Cl3NO3S/c1-3-30-23(29)21-20(15-5-8-16(24)9-6-15)13(2)31-22(21)27-19(28)11-7-14-4-10-17(25)12-18(14)26/h4-12H,3H2,1-2H3,(H,27,28). The fourth-order valence-electron chi connectivity index (χ4n) is 2.95. The summed E-state index contributed by atoms with van der Waals surface area (Å²) >= 11 is 19.3. The number of anilines is 1. The van der Waals surface area contributed by atoms with Crippen LogP contribution in [0.5, 0.6) is 0 Å². The molecule has 2 aromatic carbocycles. The minimum absolute atomic E-state index is 0.218. The van der Waals surface area contributed by atoms with Crippen molar-refractivity contribution < 1.29 is 14.3 Å². The lowest BCUT2D eigenvalue weighted by Crippen LogP contribution is -2.12. The Hall–Kier alpha value is -2.31. The van der Waals surface area contributed by atoms with Crippen LogP contribution in [-0.2, 0) is 9.53 Å². The van der Waals surface area contributed by atoms with Crippen LogP contribution < -0.4 is 5.32 Å². The molecule has 1 N–H and O–H groups in total. The number of benzene rings is 2. The van der Waals surface area contributed by atoms with Gasteiger partial charge >= 0.3 is 5.97 Å². The normalized spacial score (nSPS) is 11.0. The van der Waals surface area contributed by atoms with Gasteiger partial charge in [-0.15, -0.1) is 11.3 Å². The van der Waals surface area contributed by atoms with Crippen molar-refractivity contribution in [3.63, 3.8) is 0 Å². The third-order valence-corrected chi connectivity index (χ3v) is 6.15. The van der Waals surface area contributed by atoms with Gasteiger partial charge in [-0.1, -0.05) is 53.0 Å². The number of rotatable bonds is 6. The van der Waals surface area contributed by atoms with Crippen molar-refractivity contribution in [1.82, 2.24) is 0 Å². The number of carbonyl (C=O) groups is 2. The van der Waals surface area contributed by atoms with Crippen LogP contribution >= 0.6 is 46.1 Å². The molecule has 0 bridgehead atoms. The molecule has 31 heavy (non-hydrogen) atoms. The van der Waals surface area contributed by atoms with Crippen LogP contribution in [0.2, 0.25) is 15.1 Å². The second-order valence-corrected chi connectivity index (χ2v) is 8.96. The summed E-state index contributed by atoms with van der Waals surface area (Å²) in [6, 6.07) is 12.2. The van der Waals surface area contributed by atoms with E-state index in [0.717, 1.165) is 10.4 Å². The van der Waals surface area contributed by atoms with Crippen molar-refractivity contribution in [2.45, 2.75) is 13.8 Å². The molecule has 3 aromatic rings. The zero-order chi connectivity index (χ0) is 22.5. The van der Waals surface area contributed by atoms with E-state index in [1.807, 2.05) is 19.1 Å². The summed E-state index contributed by atoms with van der Waals surface area (Å²) in [5.41, 5.74) is 2.49. The number of amides is 1. The molecule has 1 aromatic heterocycles. The summed E-state index contributed by atoms with van der Waals surface area (Å²) in [7, 11) is 0. The average molecular weight is 495 g/mol. The number of thiophene rings is 1. The van der Waals surface area contributed by atoms with E-state index < -0.39 is 11.9 Å². The minimum Gasteiger partial charge on any atom is -0.462 e. The van der Waals surface area contributed by atoms with Gasteiger partial charge in [0.2, 0.25) is 5.91 Å². The van der Waals surface area contributed by atoms with Gasteiger partial charge in [-0.25, -0.2) is 4.79 Å². The minimum atomic E-state index is -0.503. The zero-order valence-electron chi connectivity index (χ0n) is 16.7. The van der Waals surface area contributed by atoms with E-state index in [4.69, 9.17) is 39.5 Å². The molecular weight excluding hydrogens is 477 g/mol. The number of ether oxygens (including phenoxy) is 1. The second kappa shape index (κ2) is 10.3. The number of esters is 1. The van der Waals surface area contributed by atoms with Gasteiger partial charge in [-0.05, 0) is 55.3 Å². The monoisotopic (exact) mass is 493 g/mol. The Labute approximate surface area is 199 Å². The Morgan fingerprint density at radius 3 is 2.39 bits per heavy atom. The Morgan fingerprint density at radius 2 is 1.74 bits per heavy atom. The third-order valence-electron chi connectivity index (χ3n) is 4.31. The molecule has 4 nitrogen and oxygen atoms in total. The lowest BCUT2D eigenvalue weighted by Gasteiger charge is -2.08. The Bertz CT molecular complexity index is 1150. The van der Waals surface area contributed by atoms with E-state index in [9.17, 15) is 9.59 Å². The van der Waals surface area contributed by atoms with E-state index in [-0.39, 0.29) is 6.61 Å². The summed E-state index contributed by atoms with van der Waals surface area (Å²) in [5, 5.41) is 4.74. The molecule has 8 heteroatoms. The second-order valence-electron chi connectivity index (χ2n) is 6.45. The molecule has 0 fully saturated rings. The smallest absolute Gasteiger partial charge is 0.341 e. The highest BCUT2D eigenvalue weighted by Gasteiger charge is 2.25. The molecular formula is C23H18Cl3NO3S. The number of hydrogen-bond acceptors (Lipinski definition) is 4. The molecule has 0 saturated carbocycles. The summed E-state index contributed by atoms with van der Waals surface area (Å²) in [6.07, 6.45) is 2.93. The lowest BCUT2D eigenvalue weighted by molar-refractivity contribution is -0.111. The van der Waals surface area contributed by atoms with Crippen LogP contribution in [0.3, 0.4) is 0 Å². The maximum atomic E-state index is 12.7.